The Hall–Kier alpha value is -3.49. The highest BCUT2D eigenvalue weighted by Crippen LogP contribution is 2.21. The molecule has 172 valence electrons. The molecule has 3 aromatic rings. The van der Waals surface area contributed by atoms with Crippen LogP contribution in [0.3, 0.4) is 0 Å². The van der Waals surface area contributed by atoms with Crippen molar-refractivity contribution in [3.63, 3.8) is 0 Å². The fourth-order valence-electron chi connectivity index (χ4n) is 3.02. The summed E-state index contributed by atoms with van der Waals surface area (Å²) in [4.78, 5) is 24.6. The topological polar surface area (TPSA) is 92.8 Å². The van der Waals surface area contributed by atoms with Crippen LogP contribution < -0.4 is 5.32 Å². The lowest BCUT2D eigenvalue weighted by Gasteiger charge is -2.21. The van der Waals surface area contributed by atoms with Crippen LogP contribution in [0.2, 0.25) is 0 Å². The molecule has 33 heavy (non-hydrogen) atoms. The number of benzene rings is 3. The van der Waals surface area contributed by atoms with Crippen molar-refractivity contribution in [1.82, 2.24) is 4.31 Å². The monoisotopic (exact) mass is 466 g/mol. The van der Waals surface area contributed by atoms with Gasteiger partial charge in [0.25, 0.3) is 5.91 Å². The molecule has 0 aliphatic heterocycles. The Kier molecular flexibility index (Phi) is 7.63. The first-order valence-corrected chi connectivity index (χ1v) is 11.8. The van der Waals surface area contributed by atoms with Gasteiger partial charge in [-0.05, 0) is 55.3 Å². The molecule has 3 rings (SSSR count). The largest absolute Gasteiger partial charge is 0.452 e. The Labute approximate surface area is 194 Å². The lowest BCUT2D eigenvalue weighted by molar-refractivity contribution is -0.119. The number of carbonyl (C=O) groups is 2. The van der Waals surface area contributed by atoms with E-state index in [1.165, 1.54) is 35.6 Å². The van der Waals surface area contributed by atoms with Gasteiger partial charge in [-0.15, -0.1) is 0 Å². The second kappa shape index (κ2) is 10.4. The van der Waals surface area contributed by atoms with Crippen LogP contribution in [0.4, 0.5) is 5.69 Å². The smallest absolute Gasteiger partial charge is 0.338 e. The van der Waals surface area contributed by atoms with E-state index in [1.807, 2.05) is 42.5 Å². The first-order valence-electron chi connectivity index (χ1n) is 10.4. The van der Waals surface area contributed by atoms with Crippen LogP contribution in [-0.4, -0.2) is 44.3 Å². The Morgan fingerprint density at radius 2 is 1.55 bits per heavy atom. The number of anilines is 1. The van der Waals surface area contributed by atoms with E-state index in [2.05, 4.69) is 5.32 Å². The highest BCUT2D eigenvalue weighted by Gasteiger charge is 2.24. The van der Waals surface area contributed by atoms with Gasteiger partial charge in [0.15, 0.2) is 6.61 Å². The first-order chi connectivity index (χ1) is 15.7. The lowest BCUT2D eigenvalue weighted by atomic mass is 10.1. The number of esters is 1. The molecule has 8 heteroatoms. The fourth-order valence-corrected chi connectivity index (χ4v) is 4.43. The average Bonchev–Trinajstić information content (AvgIpc) is 2.83. The van der Waals surface area contributed by atoms with Crippen molar-refractivity contribution in [3.05, 3.63) is 84.4 Å². The van der Waals surface area contributed by atoms with Gasteiger partial charge >= 0.3 is 5.97 Å². The summed E-state index contributed by atoms with van der Waals surface area (Å²) in [5, 5.41) is 2.67. The predicted molar refractivity (Wildman–Crippen MR) is 127 cm³/mol. The molecule has 0 unspecified atom stereocenters. The van der Waals surface area contributed by atoms with Crippen molar-refractivity contribution < 1.29 is 22.7 Å². The van der Waals surface area contributed by atoms with Gasteiger partial charge in [-0.25, -0.2) is 13.2 Å². The van der Waals surface area contributed by atoms with E-state index in [1.54, 1.807) is 26.0 Å². The fraction of sp³-hybridized carbons (Fsp3) is 0.200. The number of amides is 1. The summed E-state index contributed by atoms with van der Waals surface area (Å²) in [5.74, 6) is -1.28. The predicted octanol–water partition coefficient (Wildman–Crippen LogP) is 4.18. The number of nitrogens with one attached hydrogen (secondary N) is 1. The molecule has 0 aliphatic carbocycles. The molecule has 1 amide bonds. The normalized spacial score (nSPS) is 11.4. The molecule has 0 aromatic heterocycles. The van der Waals surface area contributed by atoms with Gasteiger partial charge in [0, 0.05) is 18.8 Å². The number of carbonyl (C=O) groups excluding carboxylic acids is 2. The Bertz CT molecular complexity index is 1220. The van der Waals surface area contributed by atoms with Gasteiger partial charge in [-0.3, -0.25) is 4.79 Å². The lowest BCUT2D eigenvalue weighted by Crippen LogP contribution is -2.33. The quantitative estimate of drug-likeness (QED) is 0.503. The van der Waals surface area contributed by atoms with Gasteiger partial charge in [-0.1, -0.05) is 48.5 Å². The molecular formula is C25H26N2O5S. The summed E-state index contributed by atoms with van der Waals surface area (Å²) in [6.45, 7) is 3.01. The molecule has 0 radical (unpaired) electrons. The van der Waals surface area contributed by atoms with Crippen molar-refractivity contribution in [1.29, 1.82) is 0 Å². The number of hydrogen-bond donors (Lipinski definition) is 1. The summed E-state index contributed by atoms with van der Waals surface area (Å²) in [6, 6.07) is 22.5. The van der Waals surface area contributed by atoms with E-state index in [-0.39, 0.29) is 16.5 Å². The molecular weight excluding hydrogens is 440 g/mol. The Morgan fingerprint density at radius 1 is 0.909 bits per heavy atom. The number of rotatable bonds is 8. The van der Waals surface area contributed by atoms with E-state index < -0.39 is 28.5 Å². The molecule has 0 fully saturated rings. The zero-order chi connectivity index (χ0) is 24.0. The Morgan fingerprint density at radius 3 is 2.18 bits per heavy atom. The van der Waals surface area contributed by atoms with Gasteiger partial charge in [0.1, 0.15) is 0 Å². The SMILES string of the molecule is CC(C)N(C)S(=O)(=O)c1cccc(C(=O)OCC(=O)Nc2ccc(-c3ccccc3)cc2)c1. The summed E-state index contributed by atoms with van der Waals surface area (Å²) < 4.78 is 31.6. The molecule has 3 aromatic carbocycles. The maximum Gasteiger partial charge on any atom is 0.338 e. The van der Waals surface area contributed by atoms with Crippen LogP contribution in [0.5, 0.6) is 0 Å². The third-order valence-electron chi connectivity index (χ3n) is 5.08. The number of nitrogens with zero attached hydrogens (tertiary/aromatic N) is 1. The van der Waals surface area contributed by atoms with Crippen LogP contribution >= 0.6 is 0 Å². The summed E-state index contributed by atoms with van der Waals surface area (Å²) in [5.41, 5.74) is 2.69. The van der Waals surface area contributed by atoms with Crippen LogP contribution in [0, 0.1) is 0 Å². The first kappa shape index (κ1) is 24.2. The zero-order valence-electron chi connectivity index (χ0n) is 18.7. The standard InChI is InChI=1S/C25H26N2O5S/c1-18(2)27(3)33(30,31)23-11-7-10-21(16-23)25(29)32-17-24(28)26-22-14-12-20(13-15-22)19-8-5-4-6-9-19/h4-16,18H,17H2,1-3H3,(H,26,28). The number of hydrogen-bond acceptors (Lipinski definition) is 5. The summed E-state index contributed by atoms with van der Waals surface area (Å²) in [7, 11) is -2.27. The third-order valence-corrected chi connectivity index (χ3v) is 7.11. The molecule has 0 aliphatic rings. The van der Waals surface area contributed by atoms with Crippen molar-refractivity contribution >= 4 is 27.6 Å². The highest BCUT2D eigenvalue weighted by molar-refractivity contribution is 7.89. The minimum Gasteiger partial charge on any atom is -0.452 e. The van der Waals surface area contributed by atoms with E-state index in [0.29, 0.717) is 5.69 Å². The summed E-state index contributed by atoms with van der Waals surface area (Å²) >= 11 is 0. The molecule has 0 heterocycles. The minimum absolute atomic E-state index is 0.0175. The number of sulfonamides is 1. The second-order valence-corrected chi connectivity index (χ2v) is 9.71. The van der Waals surface area contributed by atoms with Crippen LogP contribution in [-0.2, 0) is 19.6 Å². The molecule has 0 saturated heterocycles. The third kappa shape index (κ3) is 6.06. The molecule has 0 bridgehead atoms. The molecule has 1 N–H and O–H groups in total. The maximum absolute atomic E-state index is 12.6. The van der Waals surface area contributed by atoms with Crippen LogP contribution in [0.1, 0.15) is 24.2 Å². The van der Waals surface area contributed by atoms with E-state index in [4.69, 9.17) is 4.74 Å². The molecule has 0 atom stereocenters. The minimum atomic E-state index is -3.74. The molecule has 0 saturated carbocycles. The van der Waals surface area contributed by atoms with Crippen molar-refractivity contribution in [2.24, 2.45) is 0 Å². The van der Waals surface area contributed by atoms with Gasteiger partial charge in [-0.2, -0.15) is 4.31 Å². The van der Waals surface area contributed by atoms with Gasteiger partial charge in [0.05, 0.1) is 10.5 Å². The van der Waals surface area contributed by atoms with Gasteiger partial charge < -0.3 is 10.1 Å². The van der Waals surface area contributed by atoms with Crippen LogP contribution in [0.15, 0.2) is 83.8 Å². The van der Waals surface area contributed by atoms with Crippen molar-refractivity contribution in [3.8, 4) is 11.1 Å². The molecule has 7 nitrogen and oxygen atoms in total. The van der Waals surface area contributed by atoms with Gasteiger partial charge in [0.2, 0.25) is 10.0 Å². The number of ether oxygens (including phenoxy) is 1. The van der Waals surface area contributed by atoms with E-state index in [0.717, 1.165) is 11.1 Å². The molecule has 0 spiro atoms. The van der Waals surface area contributed by atoms with E-state index >= 15 is 0 Å². The zero-order valence-corrected chi connectivity index (χ0v) is 19.5. The van der Waals surface area contributed by atoms with Crippen molar-refractivity contribution in [2.45, 2.75) is 24.8 Å². The second-order valence-electron chi connectivity index (χ2n) is 7.71. The van der Waals surface area contributed by atoms with Crippen molar-refractivity contribution in [2.75, 3.05) is 19.0 Å². The Balaban J connectivity index is 1.59. The average molecular weight is 467 g/mol. The highest BCUT2D eigenvalue weighted by atomic mass is 32.2. The van der Waals surface area contributed by atoms with E-state index in [9.17, 15) is 18.0 Å². The maximum atomic E-state index is 12.6. The summed E-state index contributed by atoms with van der Waals surface area (Å²) in [6.07, 6.45) is 0. The van der Waals surface area contributed by atoms with Crippen LogP contribution in [0.25, 0.3) is 11.1 Å².